The average molecular weight is 529 g/mol. The van der Waals surface area contributed by atoms with Gasteiger partial charge in [-0.3, -0.25) is 9.69 Å². The summed E-state index contributed by atoms with van der Waals surface area (Å²) in [4.78, 5) is 17.7. The Morgan fingerprint density at radius 3 is 2.21 bits per heavy atom. The van der Waals surface area contributed by atoms with Gasteiger partial charge >= 0.3 is 0 Å². The van der Waals surface area contributed by atoms with Crippen LogP contribution >= 0.6 is 0 Å². The Balaban J connectivity index is 1.38. The van der Waals surface area contributed by atoms with Crippen LogP contribution in [0.3, 0.4) is 0 Å². The maximum absolute atomic E-state index is 13.3. The smallest absolute Gasteiger partial charge is 0.253 e. The Bertz CT molecular complexity index is 1190. The molecule has 1 atom stereocenters. The highest BCUT2D eigenvalue weighted by Gasteiger charge is 2.39. The van der Waals surface area contributed by atoms with E-state index in [0.29, 0.717) is 6.54 Å². The third kappa shape index (κ3) is 5.97. The summed E-state index contributed by atoms with van der Waals surface area (Å²) in [5.41, 5.74) is 4.30. The monoisotopic (exact) mass is 528 g/mol. The molecule has 3 aromatic rings. The first-order valence-corrected chi connectivity index (χ1v) is 14.0. The maximum atomic E-state index is 13.3. The molecule has 6 nitrogen and oxygen atoms in total. The summed E-state index contributed by atoms with van der Waals surface area (Å²) >= 11 is 0. The van der Waals surface area contributed by atoms with Crippen LogP contribution in [0.1, 0.15) is 52.7 Å². The van der Waals surface area contributed by atoms with Crippen molar-refractivity contribution in [2.75, 3.05) is 47.0 Å². The molecular weight excluding hydrogens is 488 g/mol. The van der Waals surface area contributed by atoms with Crippen molar-refractivity contribution in [3.63, 3.8) is 0 Å². The lowest BCUT2D eigenvalue weighted by Crippen LogP contribution is -2.46. The minimum absolute atomic E-state index is 0.0689. The summed E-state index contributed by atoms with van der Waals surface area (Å²) in [5.74, 6) is 1.97. The Labute approximate surface area is 232 Å². The summed E-state index contributed by atoms with van der Waals surface area (Å²) < 4.78 is 10.9. The van der Waals surface area contributed by atoms with Gasteiger partial charge in [-0.2, -0.15) is 0 Å². The molecule has 39 heavy (non-hydrogen) atoms. The second-order valence-electron chi connectivity index (χ2n) is 11.0. The zero-order valence-corrected chi connectivity index (χ0v) is 23.1. The van der Waals surface area contributed by atoms with E-state index in [4.69, 9.17) is 9.47 Å². The summed E-state index contributed by atoms with van der Waals surface area (Å²) in [6, 6.07) is 25.1. The number of ether oxygens (including phenoxy) is 2. The van der Waals surface area contributed by atoms with Crippen molar-refractivity contribution in [2.45, 2.75) is 37.6 Å². The quantitative estimate of drug-likeness (QED) is 0.439. The number of aliphatic hydroxyl groups is 1. The molecule has 5 rings (SSSR count). The van der Waals surface area contributed by atoms with E-state index in [1.807, 2.05) is 17.0 Å². The number of methoxy groups -OCH3 is 2. The van der Waals surface area contributed by atoms with Gasteiger partial charge in [0, 0.05) is 43.8 Å². The molecule has 0 spiro atoms. The molecule has 1 amide bonds. The number of carbonyl (C=O) groups excluding carboxylic acids is 1. The van der Waals surface area contributed by atoms with Gasteiger partial charge in [0.2, 0.25) is 0 Å². The lowest BCUT2D eigenvalue weighted by molar-refractivity contribution is 0.0620. The van der Waals surface area contributed by atoms with Crippen molar-refractivity contribution in [3.05, 3.63) is 95.1 Å². The summed E-state index contributed by atoms with van der Waals surface area (Å²) in [6.45, 7) is 4.22. The van der Waals surface area contributed by atoms with Gasteiger partial charge in [0.25, 0.3) is 5.91 Å². The van der Waals surface area contributed by atoms with Crippen molar-refractivity contribution in [1.29, 1.82) is 0 Å². The fourth-order valence-corrected chi connectivity index (χ4v) is 6.38. The zero-order valence-electron chi connectivity index (χ0n) is 23.1. The molecule has 2 fully saturated rings. The van der Waals surface area contributed by atoms with Crippen molar-refractivity contribution in [2.24, 2.45) is 5.92 Å². The van der Waals surface area contributed by atoms with Crippen LogP contribution in [0.5, 0.6) is 11.5 Å². The molecule has 0 saturated carbocycles. The van der Waals surface area contributed by atoms with E-state index < -0.39 is 0 Å². The first kappa shape index (κ1) is 27.2. The molecule has 2 heterocycles. The number of piperidine rings is 2. The van der Waals surface area contributed by atoms with Crippen LogP contribution in [0.15, 0.2) is 72.8 Å². The third-order valence-corrected chi connectivity index (χ3v) is 8.50. The lowest BCUT2D eigenvalue weighted by Gasteiger charge is -2.44. The molecule has 1 unspecified atom stereocenters. The maximum Gasteiger partial charge on any atom is 0.253 e. The highest BCUT2D eigenvalue weighted by Crippen LogP contribution is 2.42. The normalized spacial score (nSPS) is 19.5. The second-order valence-corrected chi connectivity index (χ2v) is 11.0. The van der Waals surface area contributed by atoms with E-state index in [9.17, 15) is 9.90 Å². The number of likely N-dealkylation sites (tertiary alicyclic amines) is 2. The highest BCUT2D eigenvalue weighted by molar-refractivity contribution is 5.94. The zero-order chi connectivity index (χ0) is 27.2. The molecule has 206 valence electrons. The van der Waals surface area contributed by atoms with E-state index in [1.165, 1.54) is 11.1 Å². The van der Waals surface area contributed by atoms with Crippen molar-refractivity contribution in [1.82, 2.24) is 9.80 Å². The number of benzene rings is 3. The van der Waals surface area contributed by atoms with E-state index >= 15 is 0 Å². The molecule has 1 N–H and O–H groups in total. The Kier molecular flexibility index (Phi) is 8.53. The number of hydrogen-bond acceptors (Lipinski definition) is 5. The number of aliphatic hydroxyl groups excluding tert-OH is 1. The van der Waals surface area contributed by atoms with Gasteiger partial charge in [-0.05, 0) is 91.2 Å². The molecule has 2 saturated heterocycles. The van der Waals surface area contributed by atoms with Crippen LogP contribution in [0.25, 0.3) is 0 Å². The molecule has 2 aliphatic heterocycles. The van der Waals surface area contributed by atoms with Crippen molar-refractivity contribution >= 4 is 5.91 Å². The minimum atomic E-state index is -0.155. The largest absolute Gasteiger partial charge is 0.497 e. The SMILES string of the molecule is COc1ccc(C2(c3ccc(OC)cc3)CCCN(Cc3cccc(C(=O)N4CCCC(CO)C4)c3)C2)cc1. The lowest BCUT2D eigenvalue weighted by atomic mass is 9.69. The molecule has 0 bridgehead atoms. The fraction of sp³-hybridized carbons (Fsp3) is 0.424. The second kappa shape index (κ2) is 12.2. The molecule has 0 aromatic heterocycles. The highest BCUT2D eigenvalue weighted by atomic mass is 16.5. The van der Waals surface area contributed by atoms with Gasteiger partial charge in [-0.1, -0.05) is 36.4 Å². The molecule has 3 aromatic carbocycles. The molecular formula is C33H40N2O4. The molecule has 0 radical (unpaired) electrons. The van der Waals surface area contributed by atoms with Gasteiger partial charge in [0.15, 0.2) is 0 Å². The number of carbonyl (C=O) groups is 1. The van der Waals surface area contributed by atoms with Crippen LogP contribution in [0, 0.1) is 5.92 Å². The Morgan fingerprint density at radius 2 is 1.59 bits per heavy atom. The number of hydrogen-bond donors (Lipinski definition) is 1. The predicted octanol–water partition coefficient (Wildman–Crippen LogP) is 5.13. The predicted molar refractivity (Wildman–Crippen MR) is 153 cm³/mol. The minimum Gasteiger partial charge on any atom is -0.497 e. The third-order valence-electron chi connectivity index (χ3n) is 8.50. The van der Waals surface area contributed by atoms with E-state index in [2.05, 4.69) is 65.6 Å². The molecule has 2 aliphatic rings. The molecule has 0 aliphatic carbocycles. The van der Waals surface area contributed by atoms with Gasteiger partial charge < -0.3 is 19.5 Å². The average Bonchev–Trinajstić information content (AvgIpc) is 3.01. The Hall–Kier alpha value is -3.35. The van der Waals surface area contributed by atoms with Crippen molar-refractivity contribution in [3.8, 4) is 11.5 Å². The van der Waals surface area contributed by atoms with Gasteiger partial charge in [0.1, 0.15) is 11.5 Å². The van der Waals surface area contributed by atoms with Crippen molar-refractivity contribution < 1.29 is 19.4 Å². The summed E-state index contributed by atoms with van der Waals surface area (Å²) in [6.07, 6.45) is 4.07. The van der Waals surface area contributed by atoms with E-state index in [0.717, 1.165) is 74.5 Å². The summed E-state index contributed by atoms with van der Waals surface area (Å²) in [7, 11) is 3.40. The van der Waals surface area contributed by atoms with Crippen LogP contribution in [-0.2, 0) is 12.0 Å². The van der Waals surface area contributed by atoms with Crippen LogP contribution in [0.2, 0.25) is 0 Å². The van der Waals surface area contributed by atoms with Gasteiger partial charge in [-0.25, -0.2) is 0 Å². The first-order chi connectivity index (χ1) is 19.0. The topological polar surface area (TPSA) is 62.2 Å². The number of nitrogens with zero attached hydrogens (tertiary/aromatic N) is 2. The van der Waals surface area contributed by atoms with E-state index in [1.54, 1.807) is 14.2 Å². The van der Waals surface area contributed by atoms with Crippen LogP contribution in [-0.4, -0.2) is 67.8 Å². The summed E-state index contributed by atoms with van der Waals surface area (Å²) in [5, 5.41) is 9.59. The first-order valence-electron chi connectivity index (χ1n) is 14.0. The molecule has 6 heteroatoms. The number of amides is 1. The van der Waals surface area contributed by atoms with Gasteiger partial charge in [0.05, 0.1) is 14.2 Å². The van der Waals surface area contributed by atoms with Gasteiger partial charge in [-0.15, -0.1) is 0 Å². The van der Waals surface area contributed by atoms with E-state index in [-0.39, 0.29) is 23.8 Å². The van der Waals surface area contributed by atoms with Crippen LogP contribution in [0.4, 0.5) is 0 Å². The fourth-order valence-electron chi connectivity index (χ4n) is 6.38. The van der Waals surface area contributed by atoms with Crippen LogP contribution < -0.4 is 9.47 Å². The standard InChI is InChI=1S/C33H40N2O4/c1-38-30-13-9-28(10-14-30)33(29-11-15-31(39-2)16-12-29)17-5-18-34(24-33)21-25-6-3-8-27(20-25)32(37)35-19-4-7-26(22-35)23-36/h3,6,8-16,20,26,36H,4-5,7,17-19,21-24H2,1-2H3. The number of rotatable bonds is 8. The Morgan fingerprint density at radius 1 is 0.923 bits per heavy atom.